The Labute approximate surface area is 177 Å². The Morgan fingerprint density at radius 2 is 1.87 bits per heavy atom. The molecule has 2 heterocycles. The molecule has 30 heavy (non-hydrogen) atoms. The molecule has 1 atom stereocenters. The molecule has 0 saturated carbocycles. The average Bonchev–Trinajstić information content (AvgIpc) is 3.17. The molecule has 0 fully saturated rings. The fraction of sp³-hybridized carbons (Fsp3) is 0.304. The van der Waals surface area contributed by atoms with E-state index in [0.717, 1.165) is 22.7 Å². The van der Waals surface area contributed by atoms with Crippen molar-refractivity contribution in [3.8, 4) is 0 Å². The van der Waals surface area contributed by atoms with E-state index in [1.54, 1.807) is 6.92 Å². The van der Waals surface area contributed by atoms with Crippen molar-refractivity contribution in [2.75, 3.05) is 5.32 Å². The van der Waals surface area contributed by atoms with Gasteiger partial charge in [0.15, 0.2) is 5.78 Å². The van der Waals surface area contributed by atoms with Crippen molar-refractivity contribution in [3.05, 3.63) is 74.8 Å². The first-order valence-electron chi connectivity index (χ1n) is 9.71. The molecule has 1 unspecified atom stereocenters. The van der Waals surface area contributed by atoms with Crippen LogP contribution in [0.4, 0.5) is 14.5 Å². The maximum Gasteiger partial charge on any atom is 0.254 e. The number of hydrogen-bond acceptors (Lipinski definition) is 4. The van der Waals surface area contributed by atoms with Crippen LogP contribution in [0.1, 0.15) is 44.4 Å². The number of dihydropyridines is 1. The smallest absolute Gasteiger partial charge is 0.254 e. The van der Waals surface area contributed by atoms with E-state index in [1.165, 1.54) is 17.4 Å². The van der Waals surface area contributed by atoms with Gasteiger partial charge < -0.3 is 10.6 Å². The number of hydrogen-bond donors (Lipinski definition) is 2. The highest BCUT2D eigenvalue weighted by molar-refractivity contribution is 7.10. The molecule has 2 aromatic rings. The predicted octanol–water partition coefficient (Wildman–Crippen LogP) is 5.27. The molecule has 2 aliphatic rings. The predicted molar refractivity (Wildman–Crippen MR) is 113 cm³/mol. The number of thiophene rings is 1. The van der Waals surface area contributed by atoms with Gasteiger partial charge in [-0.25, -0.2) is 8.78 Å². The van der Waals surface area contributed by atoms with Crippen LogP contribution in [0.25, 0.3) is 0 Å². The highest BCUT2D eigenvalue weighted by Gasteiger charge is 2.43. The lowest BCUT2D eigenvalue weighted by molar-refractivity contribution is -0.118. The molecule has 1 aromatic carbocycles. The second kappa shape index (κ2) is 7.47. The molecule has 0 bridgehead atoms. The van der Waals surface area contributed by atoms with E-state index in [4.69, 9.17) is 0 Å². The van der Waals surface area contributed by atoms with Crippen LogP contribution in [0.2, 0.25) is 0 Å². The van der Waals surface area contributed by atoms with E-state index >= 15 is 0 Å². The Kier molecular flexibility index (Phi) is 5.10. The second-order valence-corrected chi connectivity index (χ2v) is 9.48. The maximum absolute atomic E-state index is 14.1. The third-order valence-corrected chi connectivity index (χ3v) is 6.45. The van der Waals surface area contributed by atoms with Gasteiger partial charge in [-0.15, -0.1) is 11.3 Å². The van der Waals surface area contributed by atoms with E-state index in [0.29, 0.717) is 29.7 Å². The van der Waals surface area contributed by atoms with E-state index < -0.39 is 29.1 Å². The number of allylic oxidation sites excluding steroid dienone is 3. The van der Waals surface area contributed by atoms with Crippen LogP contribution in [0.3, 0.4) is 0 Å². The molecule has 7 heteroatoms. The molecular weight excluding hydrogens is 406 g/mol. The summed E-state index contributed by atoms with van der Waals surface area (Å²) in [5.41, 5.74) is 1.59. The molecule has 1 amide bonds. The maximum atomic E-state index is 14.1. The van der Waals surface area contributed by atoms with Gasteiger partial charge in [0.1, 0.15) is 17.3 Å². The van der Waals surface area contributed by atoms with Crippen molar-refractivity contribution >= 4 is 28.7 Å². The Morgan fingerprint density at radius 1 is 1.17 bits per heavy atom. The second-order valence-electron chi connectivity index (χ2n) is 8.50. The van der Waals surface area contributed by atoms with Gasteiger partial charge in [-0.05, 0) is 42.3 Å². The summed E-state index contributed by atoms with van der Waals surface area (Å²) in [6.45, 7) is 5.83. The zero-order chi connectivity index (χ0) is 21.6. The number of anilines is 1. The van der Waals surface area contributed by atoms with Crippen LogP contribution in [0.15, 0.2) is 58.3 Å². The number of benzene rings is 1. The number of carbonyl (C=O) groups is 2. The molecule has 156 valence electrons. The van der Waals surface area contributed by atoms with Gasteiger partial charge in [0, 0.05) is 33.8 Å². The normalized spacial score (nSPS) is 20.7. The largest absolute Gasteiger partial charge is 0.362 e. The van der Waals surface area contributed by atoms with Crippen molar-refractivity contribution in [2.24, 2.45) is 5.41 Å². The number of carbonyl (C=O) groups excluding carboxylic acids is 2. The summed E-state index contributed by atoms with van der Waals surface area (Å²) < 4.78 is 28.2. The van der Waals surface area contributed by atoms with E-state index in [9.17, 15) is 18.4 Å². The van der Waals surface area contributed by atoms with E-state index in [2.05, 4.69) is 10.6 Å². The fourth-order valence-electron chi connectivity index (χ4n) is 4.28. The summed E-state index contributed by atoms with van der Waals surface area (Å²) in [4.78, 5) is 27.2. The Bertz CT molecular complexity index is 1080. The lowest BCUT2D eigenvalue weighted by atomic mass is 9.69. The van der Waals surface area contributed by atoms with Gasteiger partial charge in [0.05, 0.1) is 5.92 Å². The summed E-state index contributed by atoms with van der Waals surface area (Å²) in [5, 5.41) is 7.50. The van der Waals surface area contributed by atoms with Crippen molar-refractivity contribution in [3.63, 3.8) is 0 Å². The molecule has 1 aliphatic carbocycles. The highest BCUT2D eigenvalue weighted by Crippen LogP contribution is 2.47. The minimum absolute atomic E-state index is 0.0120. The van der Waals surface area contributed by atoms with Crippen molar-refractivity contribution < 1.29 is 18.4 Å². The van der Waals surface area contributed by atoms with Crippen LogP contribution in [0, 0.1) is 17.0 Å². The van der Waals surface area contributed by atoms with Crippen molar-refractivity contribution in [1.82, 2.24) is 5.32 Å². The first kappa shape index (κ1) is 20.5. The zero-order valence-corrected chi connectivity index (χ0v) is 17.8. The summed E-state index contributed by atoms with van der Waals surface area (Å²) in [6.07, 6.45) is 1.06. The summed E-state index contributed by atoms with van der Waals surface area (Å²) in [7, 11) is 0. The van der Waals surface area contributed by atoms with Crippen LogP contribution in [-0.4, -0.2) is 11.7 Å². The topological polar surface area (TPSA) is 58.2 Å². The Balaban J connectivity index is 1.79. The summed E-state index contributed by atoms with van der Waals surface area (Å²) in [6, 6.07) is 7.15. The molecule has 0 radical (unpaired) electrons. The van der Waals surface area contributed by atoms with Gasteiger partial charge in [-0.3, -0.25) is 9.59 Å². The number of Topliss-reactive ketones (excluding diaryl/α,β-unsaturated/α-hetero) is 1. The Hall–Kier alpha value is -2.80. The molecule has 2 N–H and O–H groups in total. The van der Waals surface area contributed by atoms with Crippen molar-refractivity contribution in [2.45, 2.75) is 39.5 Å². The van der Waals surface area contributed by atoms with Crippen molar-refractivity contribution in [1.29, 1.82) is 0 Å². The molecule has 0 spiro atoms. The average molecular weight is 429 g/mol. The third kappa shape index (κ3) is 3.58. The lowest BCUT2D eigenvalue weighted by Gasteiger charge is -2.39. The van der Waals surface area contributed by atoms with E-state index in [1.807, 2.05) is 31.4 Å². The van der Waals surface area contributed by atoms with Gasteiger partial charge in [0.25, 0.3) is 5.91 Å². The van der Waals surface area contributed by atoms with Crippen LogP contribution in [-0.2, 0) is 9.59 Å². The molecule has 0 saturated heterocycles. The van der Waals surface area contributed by atoms with Gasteiger partial charge in [-0.1, -0.05) is 26.0 Å². The standard InChI is InChI=1S/C23H22F2N2O2S/c1-12-18(22(29)27-21-13(24)6-4-7-14(21)25)20(17-8-5-9-30-17)19-15(26-12)10-23(2,3)11-16(19)28/h4-9,20,26H,10-11H2,1-3H3,(H,27,29). The number of halogens is 2. The molecule has 1 aromatic heterocycles. The lowest BCUT2D eigenvalue weighted by Crippen LogP contribution is -2.39. The number of amides is 1. The monoisotopic (exact) mass is 428 g/mol. The Morgan fingerprint density at radius 3 is 2.50 bits per heavy atom. The first-order chi connectivity index (χ1) is 14.2. The number of para-hydroxylation sites is 1. The third-order valence-electron chi connectivity index (χ3n) is 5.51. The number of rotatable bonds is 3. The summed E-state index contributed by atoms with van der Waals surface area (Å²) >= 11 is 1.45. The number of ketones is 1. The van der Waals surface area contributed by atoms with Gasteiger partial charge in [0.2, 0.25) is 0 Å². The highest BCUT2D eigenvalue weighted by atomic mass is 32.1. The number of nitrogens with one attached hydrogen (secondary N) is 2. The molecule has 4 rings (SSSR count). The minimum Gasteiger partial charge on any atom is -0.362 e. The van der Waals surface area contributed by atoms with Gasteiger partial charge >= 0.3 is 0 Å². The molecule has 1 aliphatic heterocycles. The first-order valence-corrected chi connectivity index (χ1v) is 10.6. The summed E-state index contributed by atoms with van der Waals surface area (Å²) in [5.74, 6) is -2.92. The van der Waals surface area contributed by atoms with E-state index in [-0.39, 0.29) is 11.2 Å². The van der Waals surface area contributed by atoms with Gasteiger partial charge in [-0.2, -0.15) is 0 Å². The fourth-order valence-corrected chi connectivity index (χ4v) is 5.12. The van der Waals surface area contributed by atoms with Crippen LogP contribution >= 0.6 is 11.3 Å². The minimum atomic E-state index is -0.853. The van der Waals surface area contributed by atoms with Crippen LogP contribution < -0.4 is 10.6 Å². The molecular formula is C23H22F2N2O2S. The molecule has 4 nitrogen and oxygen atoms in total. The SMILES string of the molecule is CC1=C(C(=O)Nc2c(F)cccc2F)C(c2cccs2)C2=C(CC(C)(C)CC2=O)N1. The zero-order valence-electron chi connectivity index (χ0n) is 16.9. The van der Waals surface area contributed by atoms with Crippen LogP contribution in [0.5, 0.6) is 0 Å². The quantitative estimate of drug-likeness (QED) is 0.700.